The van der Waals surface area contributed by atoms with Crippen molar-refractivity contribution < 1.29 is 9.90 Å². The first-order valence-electron chi connectivity index (χ1n) is 4.36. The number of nitrogens with zero attached hydrogens (tertiary/aromatic N) is 1. The van der Waals surface area contributed by atoms with Gasteiger partial charge in [-0.25, -0.2) is 10.9 Å². The summed E-state index contributed by atoms with van der Waals surface area (Å²) in [5.74, 6) is 5.01. The van der Waals surface area contributed by atoms with Gasteiger partial charge in [-0.1, -0.05) is 12.1 Å². The summed E-state index contributed by atoms with van der Waals surface area (Å²) < 4.78 is 0. The van der Waals surface area contributed by atoms with Gasteiger partial charge in [0.25, 0.3) is 5.91 Å². The van der Waals surface area contributed by atoms with Gasteiger partial charge in [0.15, 0.2) is 0 Å². The Morgan fingerprint density at radius 3 is 2.71 bits per heavy atom. The number of carbonyl (C=O) groups excluding carboxylic acids is 1. The van der Waals surface area contributed by atoms with Crippen LogP contribution in [0.5, 0.6) is 0 Å². The molecule has 0 aromatic heterocycles. The summed E-state index contributed by atoms with van der Waals surface area (Å²) in [5, 5.41) is 10.0. The Labute approximate surface area is 82.9 Å². The van der Waals surface area contributed by atoms with Crippen LogP contribution in [0.3, 0.4) is 0 Å². The van der Waals surface area contributed by atoms with E-state index < -0.39 is 12.0 Å². The molecule has 1 unspecified atom stereocenters. The van der Waals surface area contributed by atoms with Gasteiger partial charge in [0, 0.05) is 0 Å². The number of hydrazine groups is 1. The second-order valence-corrected chi connectivity index (χ2v) is 3.22. The number of carbonyl (C=O) groups is 1. The SMILES string of the molecule is Cc1cccc(N(N)C(=O)C(C)O)c1. The highest BCUT2D eigenvalue weighted by Gasteiger charge is 2.16. The van der Waals surface area contributed by atoms with Crippen LogP contribution in [-0.2, 0) is 4.79 Å². The molecule has 0 radical (unpaired) electrons. The van der Waals surface area contributed by atoms with Crippen molar-refractivity contribution in [3.8, 4) is 0 Å². The van der Waals surface area contributed by atoms with Gasteiger partial charge in [-0.3, -0.25) is 4.79 Å². The predicted molar refractivity (Wildman–Crippen MR) is 54.5 cm³/mol. The van der Waals surface area contributed by atoms with Crippen molar-refractivity contribution in [1.29, 1.82) is 0 Å². The van der Waals surface area contributed by atoms with E-state index in [1.165, 1.54) is 6.92 Å². The molecule has 0 aliphatic carbocycles. The summed E-state index contributed by atoms with van der Waals surface area (Å²) >= 11 is 0. The molecule has 4 nitrogen and oxygen atoms in total. The number of benzene rings is 1. The van der Waals surface area contributed by atoms with Crippen LogP contribution in [0, 0.1) is 6.92 Å². The van der Waals surface area contributed by atoms with Gasteiger partial charge in [-0.05, 0) is 31.5 Å². The number of nitrogens with two attached hydrogens (primary N) is 1. The Balaban J connectivity index is 2.89. The molecule has 0 fully saturated rings. The average molecular weight is 194 g/mol. The van der Waals surface area contributed by atoms with E-state index >= 15 is 0 Å². The fraction of sp³-hybridized carbons (Fsp3) is 0.300. The Bertz CT molecular complexity index is 337. The topological polar surface area (TPSA) is 66.6 Å². The van der Waals surface area contributed by atoms with Crippen LogP contribution in [0.4, 0.5) is 5.69 Å². The van der Waals surface area contributed by atoms with Gasteiger partial charge in [-0.15, -0.1) is 0 Å². The standard InChI is InChI=1S/C10H14N2O2/c1-7-4-3-5-9(6-7)12(11)10(14)8(2)13/h3-6,8,13H,11H2,1-2H3. The molecule has 0 bridgehead atoms. The van der Waals surface area contributed by atoms with E-state index in [4.69, 9.17) is 10.9 Å². The van der Waals surface area contributed by atoms with Gasteiger partial charge < -0.3 is 5.11 Å². The maximum Gasteiger partial charge on any atom is 0.269 e. The van der Waals surface area contributed by atoms with Gasteiger partial charge >= 0.3 is 0 Å². The lowest BCUT2D eigenvalue weighted by atomic mass is 10.2. The molecule has 0 saturated carbocycles. The highest BCUT2D eigenvalue weighted by atomic mass is 16.3. The zero-order valence-electron chi connectivity index (χ0n) is 8.27. The van der Waals surface area contributed by atoms with Crippen molar-refractivity contribution in [1.82, 2.24) is 0 Å². The molecule has 76 valence electrons. The second-order valence-electron chi connectivity index (χ2n) is 3.22. The van der Waals surface area contributed by atoms with Crippen LogP contribution in [0.15, 0.2) is 24.3 Å². The molecule has 14 heavy (non-hydrogen) atoms. The maximum atomic E-state index is 11.3. The number of amides is 1. The lowest BCUT2D eigenvalue weighted by molar-refractivity contribution is -0.125. The molecule has 4 heteroatoms. The van der Waals surface area contributed by atoms with Crippen molar-refractivity contribution >= 4 is 11.6 Å². The number of aliphatic hydroxyl groups is 1. The molecule has 0 aliphatic heterocycles. The van der Waals surface area contributed by atoms with E-state index in [1.807, 2.05) is 13.0 Å². The van der Waals surface area contributed by atoms with Crippen molar-refractivity contribution in [3.05, 3.63) is 29.8 Å². The monoisotopic (exact) mass is 194 g/mol. The van der Waals surface area contributed by atoms with Gasteiger partial charge in [-0.2, -0.15) is 0 Å². The van der Waals surface area contributed by atoms with E-state index in [1.54, 1.807) is 18.2 Å². The van der Waals surface area contributed by atoms with Crippen molar-refractivity contribution in [2.75, 3.05) is 5.01 Å². The van der Waals surface area contributed by atoms with Crippen LogP contribution >= 0.6 is 0 Å². The molecular weight excluding hydrogens is 180 g/mol. The largest absolute Gasteiger partial charge is 0.383 e. The lowest BCUT2D eigenvalue weighted by Gasteiger charge is -2.18. The van der Waals surface area contributed by atoms with Gasteiger partial charge in [0.1, 0.15) is 6.10 Å². The summed E-state index contributed by atoms with van der Waals surface area (Å²) in [6, 6.07) is 7.21. The zero-order valence-corrected chi connectivity index (χ0v) is 8.27. The average Bonchev–Trinajstić information content (AvgIpc) is 2.15. The number of aryl methyl sites for hydroxylation is 1. The third kappa shape index (κ3) is 2.31. The normalized spacial score (nSPS) is 12.3. The van der Waals surface area contributed by atoms with E-state index in [-0.39, 0.29) is 0 Å². The van der Waals surface area contributed by atoms with Crippen LogP contribution in [0.2, 0.25) is 0 Å². The molecule has 0 saturated heterocycles. The summed E-state index contributed by atoms with van der Waals surface area (Å²) in [4.78, 5) is 11.3. The number of anilines is 1. The molecular formula is C10H14N2O2. The quantitative estimate of drug-likeness (QED) is 0.411. The number of rotatable bonds is 2. The summed E-state index contributed by atoms with van der Waals surface area (Å²) in [6.07, 6.45) is -1.08. The summed E-state index contributed by atoms with van der Waals surface area (Å²) in [6.45, 7) is 3.29. The molecule has 1 atom stereocenters. The molecule has 1 rings (SSSR count). The van der Waals surface area contributed by atoms with Crippen molar-refractivity contribution in [2.24, 2.45) is 5.84 Å². The minimum absolute atomic E-state index is 0.518. The predicted octanol–water partition coefficient (Wildman–Crippen LogP) is 0.583. The summed E-state index contributed by atoms with van der Waals surface area (Å²) in [7, 11) is 0. The first-order valence-corrected chi connectivity index (χ1v) is 4.36. The highest BCUT2D eigenvalue weighted by molar-refractivity contribution is 5.95. The molecule has 3 N–H and O–H groups in total. The number of hydrogen-bond donors (Lipinski definition) is 2. The fourth-order valence-electron chi connectivity index (χ4n) is 1.11. The molecule has 0 heterocycles. The Hall–Kier alpha value is -1.39. The molecule has 0 spiro atoms. The van der Waals surface area contributed by atoms with E-state index in [0.717, 1.165) is 10.6 Å². The first-order chi connectivity index (χ1) is 6.52. The third-order valence-corrected chi connectivity index (χ3v) is 1.87. The van der Waals surface area contributed by atoms with Crippen LogP contribution < -0.4 is 10.9 Å². The minimum atomic E-state index is -1.08. The van der Waals surface area contributed by atoms with E-state index in [9.17, 15) is 4.79 Å². The van der Waals surface area contributed by atoms with Gasteiger partial charge in [0.05, 0.1) is 5.69 Å². The number of hydrogen-bond acceptors (Lipinski definition) is 3. The van der Waals surface area contributed by atoms with Crippen molar-refractivity contribution in [2.45, 2.75) is 20.0 Å². The summed E-state index contributed by atoms with van der Waals surface area (Å²) in [5.41, 5.74) is 1.59. The van der Waals surface area contributed by atoms with Crippen molar-refractivity contribution in [3.63, 3.8) is 0 Å². The van der Waals surface area contributed by atoms with E-state index in [2.05, 4.69) is 0 Å². The highest BCUT2D eigenvalue weighted by Crippen LogP contribution is 2.13. The van der Waals surface area contributed by atoms with Crippen LogP contribution in [-0.4, -0.2) is 17.1 Å². The molecule has 1 amide bonds. The van der Waals surface area contributed by atoms with Crippen LogP contribution in [0.25, 0.3) is 0 Å². The Morgan fingerprint density at radius 2 is 2.21 bits per heavy atom. The zero-order chi connectivity index (χ0) is 10.7. The van der Waals surface area contributed by atoms with Gasteiger partial charge in [0.2, 0.25) is 0 Å². The smallest absolute Gasteiger partial charge is 0.269 e. The van der Waals surface area contributed by atoms with E-state index in [0.29, 0.717) is 5.69 Å². The Morgan fingerprint density at radius 1 is 1.57 bits per heavy atom. The lowest BCUT2D eigenvalue weighted by Crippen LogP contribution is -2.43. The maximum absolute atomic E-state index is 11.3. The second kappa shape index (κ2) is 4.21. The molecule has 1 aromatic carbocycles. The minimum Gasteiger partial charge on any atom is -0.383 e. The fourth-order valence-corrected chi connectivity index (χ4v) is 1.11. The third-order valence-electron chi connectivity index (χ3n) is 1.87. The molecule has 1 aromatic rings. The molecule has 0 aliphatic rings. The first kappa shape index (κ1) is 10.7. The van der Waals surface area contributed by atoms with Crippen LogP contribution in [0.1, 0.15) is 12.5 Å². The number of aliphatic hydroxyl groups excluding tert-OH is 1. The Kier molecular flexibility index (Phi) is 3.22.